The number of rotatable bonds is 1. The first-order chi connectivity index (χ1) is 9.41. The number of hydrogen-bond acceptors (Lipinski definition) is 3. The van der Waals surface area contributed by atoms with Crippen molar-refractivity contribution in [3.05, 3.63) is 22.6 Å². The third kappa shape index (κ3) is 2.71. The maximum atomic E-state index is 12.6. The first kappa shape index (κ1) is 14.6. The summed E-state index contributed by atoms with van der Waals surface area (Å²) in [5.74, 6) is 1.57. The average Bonchev–Trinajstić information content (AvgIpc) is 2.60. The van der Waals surface area contributed by atoms with Gasteiger partial charge in [-0.1, -0.05) is 0 Å². The Labute approximate surface area is 119 Å². The highest BCUT2D eigenvalue weighted by molar-refractivity contribution is 5.97. The number of hydrogen-bond donors (Lipinski definition) is 0. The lowest BCUT2D eigenvalue weighted by atomic mass is 10.1. The molecule has 1 aromatic rings. The van der Waals surface area contributed by atoms with Crippen molar-refractivity contribution < 1.29 is 14.0 Å². The number of carbonyl (C=O) groups is 2. The minimum absolute atomic E-state index is 0.0160. The highest BCUT2D eigenvalue weighted by Gasteiger charge is 2.26. The van der Waals surface area contributed by atoms with Gasteiger partial charge in [0.05, 0.1) is 5.56 Å². The molecule has 0 atom stereocenters. The molecule has 0 radical (unpaired) electrons. The van der Waals surface area contributed by atoms with Gasteiger partial charge < -0.3 is 14.2 Å². The van der Waals surface area contributed by atoms with Crippen molar-refractivity contribution in [1.82, 2.24) is 9.80 Å². The third-order valence-corrected chi connectivity index (χ3v) is 4.00. The molecule has 1 fully saturated rings. The Morgan fingerprint density at radius 2 is 1.55 bits per heavy atom. The van der Waals surface area contributed by atoms with Crippen molar-refractivity contribution in [3.63, 3.8) is 0 Å². The summed E-state index contributed by atoms with van der Waals surface area (Å²) in [6, 6.07) is 0. The van der Waals surface area contributed by atoms with Gasteiger partial charge in [0.25, 0.3) is 5.91 Å². The molecule has 0 unspecified atom stereocenters. The molecule has 2 amide bonds. The maximum Gasteiger partial charge on any atom is 0.257 e. The molecular formula is C15H22N2O3. The molecule has 1 aromatic heterocycles. The summed E-state index contributed by atoms with van der Waals surface area (Å²) in [5.41, 5.74) is 1.60. The van der Waals surface area contributed by atoms with Gasteiger partial charge in [0.15, 0.2) is 0 Å². The minimum Gasteiger partial charge on any atom is -0.466 e. The minimum atomic E-state index is 0.0160. The van der Waals surface area contributed by atoms with E-state index in [1.807, 2.05) is 25.7 Å². The number of amides is 2. The van der Waals surface area contributed by atoms with Crippen LogP contribution < -0.4 is 0 Å². The van der Waals surface area contributed by atoms with Crippen LogP contribution in [0.2, 0.25) is 0 Å². The van der Waals surface area contributed by atoms with Crippen LogP contribution in [-0.2, 0) is 4.79 Å². The molecule has 0 N–H and O–H groups in total. The first-order valence-corrected chi connectivity index (χ1v) is 7.03. The van der Waals surface area contributed by atoms with Gasteiger partial charge in [-0.25, -0.2) is 0 Å². The SMILES string of the molecule is CC(=O)N1CCCN(C(=O)c2c(C)oc(C)c2C)CC1. The van der Waals surface area contributed by atoms with Gasteiger partial charge in [0.2, 0.25) is 5.91 Å². The summed E-state index contributed by atoms with van der Waals surface area (Å²) in [6.07, 6.45) is 0.820. The fraction of sp³-hybridized carbons (Fsp3) is 0.600. The van der Waals surface area contributed by atoms with Crippen LogP contribution in [0, 0.1) is 20.8 Å². The van der Waals surface area contributed by atoms with Gasteiger partial charge in [0, 0.05) is 38.7 Å². The number of nitrogens with zero attached hydrogens (tertiary/aromatic N) is 2. The molecule has 1 aliphatic heterocycles. The lowest BCUT2D eigenvalue weighted by Gasteiger charge is -2.21. The topological polar surface area (TPSA) is 53.8 Å². The van der Waals surface area contributed by atoms with Crippen molar-refractivity contribution >= 4 is 11.8 Å². The van der Waals surface area contributed by atoms with Crippen molar-refractivity contribution in [2.24, 2.45) is 0 Å². The lowest BCUT2D eigenvalue weighted by Crippen LogP contribution is -2.36. The molecule has 0 aromatic carbocycles. The Bertz CT molecular complexity index is 533. The predicted molar refractivity (Wildman–Crippen MR) is 75.7 cm³/mol. The van der Waals surface area contributed by atoms with E-state index in [4.69, 9.17) is 4.42 Å². The number of furan rings is 1. The molecule has 5 heteroatoms. The zero-order chi connectivity index (χ0) is 14.9. The van der Waals surface area contributed by atoms with Gasteiger partial charge in [-0.15, -0.1) is 0 Å². The Morgan fingerprint density at radius 1 is 0.950 bits per heavy atom. The second kappa shape index (κ2) is 5.69. The predicted octanol–water partition coefficient (Wildman–Crippen LogP) is 1.90. The van der Waals surface area contributed by atoms with Crippen LogP contribution >= 0.6 is 0 Å². The normalized spacial score (nSPS) is 16.2. The summed E-state index contributed by atoms with van der Waals surface area (Å²) in [4.78, 5) is 27.7. The van der Waals surface area contributed by atoms with E-state index in [0.717, 1.165) is 24.3 Å². The van der Waals surface area contributed by atoms with E-state index in [1.165, 1.54) is 0 Å². The van der Waals surface area contributed by atoms with Gasteiger partial charge in [0.1, 0.15) is 11.5 Å². The summed E-state index contributed by atoms with van der Waals surface area (Å²) < 4.78 is 5.54. The maximum absolute atomic E-state index is 12.6. The molecule has 1 aliphatic rings. The van der Waals surface area contributed by atoms with E-state index < -0.39 is 0 Å². The second-order valence-corrected chi connectivity index (χ2v) is 5.37. The molecule has 2 heterocycles. The molecule has 20 heavy (non-hydrogen) atoms. The summed E-state index contributed by atoms with van der Waals surface area (Å²) in [5, 5.41) is 0. The van der Waals surface area contributed by atoms with Gasteiger partial charge >= 0.3 is 0 Å². The fourth-order valence-electron chi connectivity index (χ4n) is 2.70. The molecule has 0 aliphatic carbocycles. The summed E-state index contributed by atoms with van der Waals surface area (Å²) in [7, 11) is 0. The lowest BCUT2D eigenvalue weighted by molar-refractivity contribution is -0.128. The van der Waals surface area contributed by atoms with E-state index in [2.05, 4.69) is 0 Å². The molecule has 110 valence electrons. The molecule has 1 saturated heterocycles. The van der Waals surface area contributed by atoms with Crippen LogP contribution in [0.3, 0.4) is 0 Å². The van der Waals surface area contributed by atoms with E-state index in [-0.39, 0.29) is 11.8 Å². The number of aryl methyl sites for hydroxylation is 2. The summed E-state index contributed by atoms with van der Waals surface area (Å²) >= 11 is 0. The smallest absolute Gasteiger partial charge is 0.257 e. The average molecular weight is 278 g/mol. The standard InChI is InChI=1S/C15H22N2O3/c1-10-11(2)20-12(3)14(10)15(19)17-7-5-6-16(8-9-17)13(4)18/h5-9H2,1-4H3. The fourth-order valence-corrected chi connectivity index (χ4v) is 2.70. The Balaban J connectivity index is 2.15. The van der Waals surface area contributed by atoms with Crippen molar-refractivity contribution in [3.8, 4) is 0 Å². The van der Waals surface area contributed by atoms with Crippen LogP contribution in [0.4, 0.5) is 0 Å². The van der Waals surface area contributed by atoms with Gasteiger partial charge in [-0.2, -0.15) is 0 Å². The monoisotopic (exact) mass is 278 g/mol. The second-order valence-electron chi connectivity index (χ2n) is 5.37. The third-order valence-electron chi connectivity index (χ3n) is 4.00. The molecule has 5 nitrogen and oxygen atoms in total. The highest BCUT2D eigenvalue weighted by atomic mass is 16.3. The molecule has 2 rings (SSSR count). The van der Waals surface area contributed by atoms with E-state index in [1.54, 1.807) is 11.8 Å². The largest absolute Gasteiger partial charge is 0.466 e. The Morgan fingerprint density at radius 3 is 2.10 bits per heavy atom. The van der Waals surface area contributed by atoms with Crippen LogP contribution in [0.5, 0.6) is 0 Å². The summed E-state index contributed by atoms with van der Waals surface area (Å²) in [6.45, 7) is 9.79. The zero-order valence-corrected chi connectivity index (χ0v) is 12.7. The van der Waals surface area contributed by atoms with Gasteiger partial charge in [-0.05, 0) is 27.2 Å². The quantitative estimate of drug-likeness (QED) is 0.788. The van der Waals surface area contributed by atoms with E-state index >= 15 is 0 Å². The van der Waals surface area contributed by atoms with Crippen LogP contribution in [0.25, 0.3) is 0 Å². The van der Waals surface area contributed by atoms with Gasteiger partial charge in [-0.3, -0.25) is 9.59 Å². The first-order valence-electron chi connectivity index (χ1n) is 7.03. The molecular weight excluding hydrogens is 256 g/mol. The van der Waals surface area contributed by atoms with Crippen LogP contribution in [0.1, 0.15) is 40.8 Å². The Hall–Kier alpha value is -1.78. The molecule has 0 bridgehead atoms. The highest BCUT2D eigenvalue weighted by Crippen LogP contribution is 2.22. The van der Waals surface area contributed by atoms with Crippen LogP contribution in [-0.4, -0.2) is 47.8 Å². The zero-order valence-electron chi connectivity index (χ0n) is 12.7. The van der Waals surface area contributed by atoms with Crippen molar-refractivity contribution in [2.75, 3.05) is 26.2 Å². The number of carbonyl (C=O) groups excluding carboxylic acids is 2. The van der Waals surface area contributed by atoms with E-state index in [9.17, 15) is 9.59 Å². The molecule has 0 saturated carbocycles. The Kier molecular flexibility index (Phi) is 4.16. The van der Waals surface area contributed by atoms with Crippen molar-refractivity contribution in [2.45, 2.75) is 34.1 Å². The molecule has 0 spiro atoms. The van der Waals surface area contributed by atoms with Crippen LogP contribution in [0.15, 0.2) is 4.42 Å². The van der Waals surface area contributed by atoms with Crippen molar-refractivity contribution in [1.29, 1.82) is 0 Å². The van der Waals surface area contributed by atoms with E-state index in [0.29, 0.717) is 31.0 Å².